The molecule has 128 valence electrons. The molecule has 0 aromatic heterocycles. The molecule has 23 heavy (non-hydrogen) atoms. The van der Waals surface area contributed by atoms with Crippen molar-refractivity contribution in [1.82, 2.24) is 4.90 Å². The van der Waals surface area contributed by atoms with Crippen molar-refractivity contribution in [2.45, 2.75) is 25.1 Å². The SMILES string of the molecule is COc1cc(OC)c(CN2CC[C@@H](N)[C@@H](OC)C2)c(C(=O)O)c1. The zero-order valence-electron chi connectivity index (χ0n) is 13.7. The summed E-state index contributed by atoms with van der Waals surface area (Å²) in [5.74, 6) is -0.0433. The van der Waals surface area contributed by atoms with Gasteiger partial charge in [-0.15, -0.1) is 0 Å². The number of piperidine rings is 1. The van der Waals surface area contributed by atoms with Gasteiger partial charge in [0.1, 0.15) is 11.5 Å². The minimum atomic E-state index is -1.01. The van der Waals surface area contributed by atoms with Gasteiger partial charge in [-0.2, -0.15) is 0 Å². The Morgan fingerprint density at radius 2 is 2.09 bits per heavy atom. The molecule has 0 aliphatic carbocycles. The van der Waals surface area contributed by atoms with E-state index in [1.165, 1.54) is 20.3 Å². The standard InChI is InChI=1S/C16H24N2O5/c1-21-10-6-11(16(19)20)12(14(7-10)22-2)8-18-5-4-13(17)15(9-18)23-3/h6-7,13,15H,4-5,8-9,17H2,1-3H3,(H,19,20)/t13-,15+/m1/s1. The molecule has 1 saturated heterocycles. The summed E-state index contributed by atoms with van der Waals surface area (Å²) in [5.41, 5.74) is 6.85. The van der Waals surface area contributed by atoms with Crippen LogP contribution in [0.1, 0.15) is 22.3 Å². The van der Waals surface area contributed by atoms with Gasteiger partial charge in [0.25, 0.3) is 0 Å². The molecule has 0 amide bonds. The Bertz CT molecular complexity index is 564. The number of nitrogens with two attached hydrogens (primary N) is 1. The molecule has 3 N–H and O–H groups in total. The van der Waals surface area contributed by atoms with Crippen LogP contribution in [0, 0.1) is 0 Å². The van der Waals surface area contributed by atoms with E-state index in [4.69, 9.17) is 19.9 Å². The van der Waals surface area contributed by atoms with E-state index < -0.39 is 5.97 Å². The average Bonchev–Trinajstić information content (AvgIpc) is 2.56. The predicted molar refractivity (Wildman–Crippen MR) is 85.2 cm³/mol. The van der Waals surface area contributed by atoms with Crippen LogP contribution < -0.4 is 15.2 Å². The van der Waals surface area contributed by atoms with Crippen molar-refractivity contribution in [3.05, 3.63) is 23.3 Å². The van der Waals surface area contributed by atoms with E-state index in [2.05, 4.69) is 4.90 Å². The smallest absolute Gasteiger partial charge is 0.336 e. The highest BCUT2D eigenvalue weighted by atomic mass is 16.5. The second-order valence-electron chi connectivity index (χ2n) is 5.62. The first-order valence-corrected chi connectivity index (χ1v) is 7.49. The molecule has 1 aromatic carbocycles. The van der Waals surface area contributed by atoms with Crippen LogP contribution in [0.25, 0.3) is 0 Å². The van der Waals surface area contributed by atoms with Crippen molar-refractivity contribution in [2.24, 2.45) is 5.73 Å². The molecule has 0 radical (unpaired) electrons. The van der Waals surface area contributed by atoms with E-state index in [-0.39, 0.29) is 17.7 Å². The number of carboxylic acid groups (broad SMARTS) is 1. The summed E-state index contributed by atoms with van der Waals surface area (Å²) in [6.07, 6.45) is 0.751. The summed E-state index contributed by atoms with van der Waals surface area (Å²) in [6.45, 7) is 1.91. The first kappa shape index (κ1) is 17.5. The first-order chi connectivity index (χ1) is 11.0. The molecule has 2 rings (SSSR count). The van der Waals surface area contributed by atoms with E-state index in [0.29, 0.717) is 30.2 Å². The van der Waals surface area contributed by atoms with E-state index in [1.54, 1.807) is 13.2 Å². The fourth-order valence-corrected chi connectivity index (χ4v) is 2.89. The quantitative estimate of drug-likeness (QED) is 0.804. The summed E-state index contributed by atoms with van der Waals surface area (Å²) < 4.78 is 15.9. The lowest BCUT2D eigenvalue weighted by molar-refractivity contribution is 0.0137. The van der Waals surface area contributed by atoms with Gasteiger partial charge < -0.3 is 25.1 Å². The van der Waals surface area contributed by atoms with Crippen molar-refractivity contribution in [1.29, 1.82) is 0 Å². The monoisotopic (exact) mass is 324 g/mol. The van der Waals surface area contributed by atoms with Crippen LogP contribution in [0.3, 0.4) is 0 Å². The molecule has 1 aromatic rings. The molecule has 1 fully saturated rings. The lowest BCUT2D eigenvalue weighted by atomic mass is 10.00. The van der Waals surface area contributed by atoms with Crippen LogP contribution in [0.5, 0.6) is 11.5 Å². The molecular formula is C16H24N2O5. The van der Waals surface area contributed by atoms with Gasteiger partial charge in [0.15, 0.2) is 0 Å². The summed E-state index contributed by atoms with van der Waals surface area (Å²) >= 11 is 0. The molecule has 1 aliphatic rings. The number of carbonyl (C=O) groups is 1. The molecule has 7 heteroatoms. The zero-order chi connectivity index (χ0) is 17.0. The molecule has 1 heterocycles. The third-order valence-electron chi connectivity index (χ3n) is 4.25. The molecule has 0 saturated carbocycles. The van der Waals surface area contributed by atoms with Gasteiger partial charge in [-0.1, -0.05) is 0 Å². The topological polar surface area (TPSA) is 94.3 Å². The van der Waals surface area contributed by atoms with Crippen molar-refractivity contribution >= 4 is 5.97 Å². The number of hydrogen-bond acceptors (Lipinski definition) is 6. The van der Waals surface area contributed by atoms with Crippen LogP contribution in [0.15, 0.2) is 12.1 Å². The summed E-state index contributed by atoms with van der Waals surface area (Å²) in [7, 11) is 4.66. The first-order valence-electron chi connectivity index (χ1n) is 7.49. The second-order valence-corrected chi connectivity index (χ2v) is 5.62. The normalized spacial score (nSPS) is 21.9. The Balaban J connectivity index is 2.29. The maximum atomic E-state index is 11.6. The third-order valence-corrected chi connectivity index (χ3v) is 4.25. The lowest BCUT2D eigenvalue weighted by Gasteiger charge is -2.36. The Morgan fingerprint density at radius 1 is 1.35 bits per heavy atom. The number of nitrogens with zero attached hydrogens (tertiary/aromatic N) is 1. The minimum Gasteiger partial charge on any atom is -0.497 e. The lowest BCUT2D eigenvalue weighted by Crippen LogP contribution is -2.51. The van der Waals surface area contributed by atoms with Gasteiger partial charge in [0.2, 0.25) is 0 Å². The largest absolute Gasteiger partial charge is 0.497 e. The zero-order valence-corrected chi connectivity index (χ0v) is 13.7. The van der Waals surface area contributed by atoms with E-state index in [0.717, 1.165) is 13.0 Å². The van der Waals surface area contributed by atoms with Gasteiger partial charge >= 0.3 is 5.97 Å². The Labute approximate surface area is 135 Å². The van der Waals surface area contributed by atoms with Crippen molar-refractivity contribution in [3.8, 4) is 11.5 Å². The Kier molecular flexibility index (Phi) is 5.81. The van der Waals surface area contributed by atoms with Crippen LogP contribution in [-0.4, -0.2) is 62.5 Å². The molecule has 1 aliphatic heterocycles. The van der Waals surface area contributed by atoms with E-state index in [1.807, 2.05) is 0 Å². The van der Waals surface area contributed by atoms with Crippen molar-refractivity contribution in [2.75, 3.05) is 34.4 Å². The van der Waals surface area contributed by atoms with Crippen molar-refractivity contribution in [3.63, 3.8) is 0 Å². The summed E-state index contributed by atoms with van der Waals surface area (Å²) in [6, 6.07) is 3.22. The second kappa shape index (κ2) is 7.63. The van der Waals surface area contributed by atoms with Crippen LogP contribution in [-0.2, 0) is 11.3 Å². The van der Waals surface area contributed by atoms with Crippen LogP contribution >= 0.6 is 0 Å². The third kappa shape index (κ3) is 3.93. The number of hydrogen-bond donors (Lipinski definition) is 2. The summed E-state index contributed by atoms with van der Waals surface area (Å²) in [4.78, 5) is 13.7. The number of likely N-dealkylation sites (tertiary alicyclic amines) is 1. The van der Waals surface area contributed by atoms with Crippen LogP contribution in [0.2, 0.25) is 0 Å². The maximum absolute atomic E-state index is 11.6. The van der Waals surface area contributed by atoms with Gasteiger partial charge in [0, 0.05) is 44.4 Å². The molecular weight excluding hydrogens is 300 g/mol. The van der Waals surface area contributed by atoms with Gasteiger partial charge in [-0.3, -0.25) is 4.90 Å². The number of benzene rings is 1. The van der Waals surface area contributed by atoms with Crippen molar-refractivity contribution < 1.29 is 24.1 Å². The molecule has 0 spiro atoms. The highest BCUT2D eigenvalue weighted by Crippen LogP contribution is 2.31. The number of aromatic carboxylic acids is 1. The summed E-state index contributed by atoms with van der Waals surface area (Å²) in [5, 5.41) is 9.50. The molecule has 7 nitrogen and oxygen atoms in total. The highest BCUT2D eigenvalue weighted by Gasteiger charge is 2.28. The van der Waals surface area contributed by atoms with Gasteiger partial charge in [-0.25, -0.2) is 4.79 Å². The Hall–Kier alpha value is -1.83. The Morgan fingerprint density at radius 3 is 2.65 bits per heavy atom. The number of rotatable bonds is 6. The number of ether oxygens (including phenoxy) is 3. The molecule has 0 unspecified atom stereocenters. The predicted octanol–water partition coefficient (Wildman–Crippen LogP) is 0.950. The highest BCUT2D eigenvalue weighted by molar-refractivity contribution is 5.91. The molecule has 2 atom stereocenters. The fraction of sp³-hybridized carbons (Fsp3) is 0.562. The number of carboxylic acids is 1. The number of methoxy groups -OCH3 is 3. The van der Waals surface area contributed by atoms with Gasteiger partial charge in [0.05, 0.1) is 25.9 Å². The average molecular weight is 324 g/mol. The maximum Gasteiger partial charge on any atom is 0.336 e. The van der Waals surface area contributed by atoms with E-state index >= 15 is 0 Å². The van der Waals surface area contributed by atoms with Crippen LogP contribution in [0.4, 0.5) is 0 Å². The minimum absolute atomic E-state index is 0.00737. The fourth-order valence-electron chi connectivity index (χ4n) is 2.89. The van der Waals surface area contributed by atoms with E-state index in [9.17, 15) is 9.90 Å². The molecule has 0 bridgehead atoms. The van der Waals surface area contributed by atoms with Gasteiger partial charge in [-0.05, 0) is 12.5 Å².